The van der Waals surface area contributed by atoms with Gasteiger partial charge in [-0.25, -0.2) is 4.79 Å². The first kappa shape index (κ1) is 22.4. The molecule has 0 radical (unpaired) electrons. The van der Waals surface area contributed by atoms with Crippen LogP contribution in [0.15, 0.2) is 23.6 Å². The third kappa shape index (κ3) is 4.27. The van der Waals surface area contributed by atoms with E-state index in [1.165, 1.54) is 9.80 Å². The molecule has 1 aromatic heterocycles. The summed E-state index contributed by atoms with van der Waals surface area (Å²) in [4.78, 5) is 52.4. The van der Waals surface area contributed by atoms with Crippen molar-refractivity contribution in [1.29, 1.82) is 0 Å². The third-order valence-electron chi connectivity index (χ3n) is 6.01. The minimum absolute atomic E-state index is 0.174. The number of carbonyl (C=O) groups is 4. The van der Waals surface area contributed by atoms with E-state index in [4.69, 9.17) is 16.3 Å². The van der Waals surface area contributed by atoms with Gasteiger partial charge < -0.3 is 9.64 Å². The maximum Gasteiger partial charge on any atom is 0.420 e. The van der Waals surface area contributed by atoms with Crippen LogP contribution in [0.5, 0.6) is 5.06 Å². The number of halogens is 1. The highest BCUT2D eigenvalue weighted by atomic mass is 35.5. The van der Waals surface area contributed by atoms with E-state index in [0.717, 1.165) is 24.2 Å². The maximum atomic E-state index is 13.1. The molecule has 3 heterocycles. The van der Waals surface area contributed by atoms with Crippen LogP contribution < -0.4 is 15.0 Å². The summed E-state index contributed by atoms with van der Waals surface area (Å²) < 4.78 is 5.58. The number of rotatable bonds is 3. The summed E-state index contributed by atoms with van der Waals surface area (Å²) in [5.41, 5.74) is 2.16. The van der Waals surface area contributed by atoms with Crippen LogP contribution in [0.25, 0.3) is 0 Å². The molecule has 1 saturated carbocycles. The lowest BCUT2D eigenvalue weighted by molar-refractivity contribution is -0.136. The summed E-state index contributed by atoms with van der Waals surface area (Å²) >= 11 is 7.41. The van der Waals surface area contributed by atoms with Crippen LogP contribution in [0.3, 0.4) is 0 Å². The summed E-state index contributed by atoms with van der Waals surface area (Å²) in [7, 11) is 1.56. The van der Waals surface area contributed by atoms with Crippen molar-refractivity contribution in [3.05, 3.63) is 45.3 Å². The van der Waals surface area contributed by atoms with Crippen molar-refractivity contribution >= 4 is 52.4 Å². The fourth-order valence-electron chi connectivity index (χ4n) is 3.90. The van der Waals surface area contributed by atoms with E-state index in [9.17, 15) is 19.2 Å². The normalized spacial score (nSPS) is 19.3. The lowest BCUT2D eigenvalue weighted by Gasteiger charge is -2.29. The Balaban J connectivity index is 1.31. The van der Waals surface area contributed by atoms with Gasteiger partial charge in [0.1, 0.15) is 6.04 Å². The number of carbonyl (C=O) groups excluding carboxylic acids is 4. The Labute approximate surface area is 204 Å². The fourth-order valence-corrected chi connectivity index (χ4v) is 4.96. The molecule has 10 heteroatoms. The standard InChI is InChI=1S/C24H20ClN3O5S/c1-27(16-6-7-17(25)14(10-16)5-4-13-2-3-13)24(32)33-23-20-15(12-34-23)11-28(22(20)31)18-8-9-19(29)26-21(18)30/h6-7,10,12-13,18H,2-3,8-9,11H2,1H3,(H,26,29,30). The van der Waals surface area contributed by atoms with Crippen molar-refractivity contribution in [2.45, 2.75) is 38.3 Å². The van der Waals surface area contributed by atoms with Crippen molar-refractivity contribution in [1.82, 2.24) is 10.2 Å². The van der Waals surface area contributed by atoms with Crippen LogP contribution >= 0.6 is 22.9 Å². The third-order valence-corrected chi connectivity index (χ3v) is 7.25. The fraction of sp³-hybridized carbons (Fsp3) is 0.333. The second-order valence-electron chi connectivity index (χ2n) is 8.46. The molecule has 1 saturated heterocycles. The van der Waals surface area contributed by atoms with Crippen LogP contribution in [-0.4, -0.2) is 41.8 Å². The van der Waals surface area contributed by atoms with Gasteiger partial charge in [-0.2, -0.15) is 0 Å². The molecule has 1 atom stereocenters. The number of nitrogens with zero attached hydrogens (tertiary/aromatic N) is 2. The molecule has 2 fully saturated rings. The van der Waals surface area contributed by atoms with Gasteiger partial charge in [0, 0.05) is 42.6 Å². The molecule has 1 unspecified atom stereocenters. The Morgan fingerprint density at radius 2 is 2.06 bits per heavy atom. The van der Waals surface area contributed by atoms with Gasteiger partial charge in [-0.3, -0.25) is 24.6 Å². The number of thiophene rings is 1. The Bertz CT molecular complexity index is 1290. The molecule has 1 aliphatic carbocycles. The number of fused-ring (bicyclic) bond motifs is 1. The Morgan fingerprint density at radius 1 is 1.26 bits per heavy atom. The van der Waals surface area contributed by atoms with Crippen LogP contribution in [0.4, 0.5) is 10.5 Å². The number of piperidine rings is 1. The summed E-state index contributed by atoms with van der Waals surface area (Å²) in [6.45, 7) is 0.227. The average molecular weight is 498 g/mol. The van der Waals surface area contributed by atoms with Gasteiger partial charge >= 0.3 is 6.09 Å². The van der Waals surface area contributed by atoms with Gasteiger partial charge in [0.25, 0.3) is 5.91 Å². The topological polar surface area (TPSA) is 96.0 Å². The van der Waals surface area contributed by atoms with Crippen molar-refractivity contribution in [2.24, 2.45) is 5.92 Å². The summed E-state index contributed by atoms with van der Waals surface area (Å²) in [6.07, 6.45) is 1.97. The highest BCUT2D eigenvalue weighted by Gasteiger charge is 2.41. The van der Waals surface area contributed by atoms with Crippen molar-refractivity contribution < 1.29 is 23.9 Å². The highest BCUT2D eigenvalue weighted by molar-refractivity contribution is 7.12. The predicted octanol–water partition coefficient (Wildman–Crippen LogP) is 3.56. The van der Waals surface area contributed by atoms with Gasteiger partial charge in [-0.1, -0.05) is 23.4 Å². The van der Waals surface area contributed by atoms with E-state index < -0.39 is 18.0 Å². The molecule has 0 bridgehead atoms. The number of amides is 4. The minimum atomic E-state index is -0.724. The number of hydrogen-bond acceptors (Lipinski definition) is 6. The molecule has 1 N–H and O–H groups in total. The monoisotopic (exact) mass is 497 g/mol. The number of anilines is 1. The van der Waals surface area contributed by atoms with Gasteiger partial charge in [0.2, 0.25) is 11.8 Å². The van der Waals surface area contributed by atoms with E-state index in [-0.39, 0.29) is 41.8 Å². The average Bonchev–Trinajstić information content (AvgIpc) is 3.47. The lowest BCUT2D eigenvalue weighted by Crippen LogP contribution is -2.52. The highest BCUT2D eigenvalue weighted by Crippen LogP contribution is 2.39. The molecule has 34 heavy (non-hydrogen) atoms. The van der Waals surface area contributed by atoms with E-state index in [0.29, 0.717) is 27.8 Å². The van der Waals surface area contributed by atoms with E-state index in [1.54, 1.807) is 30.6 Å². The number of nitrogens with one attached hydrogen (secondary N) is 1. The number of benzene rings is 1. The first-order valence-corrected chi connectivity index (χ1v) is 12.1. The molecule has 2 aliphatic heterocycles. The Hall–Kier alpha value is -3.35. The molecule has 0 spiro atoms. The molecule has 3 aliphatic rings. The molecular weight excluding hydrogens is 478 g/mol. The second kappa shape index (κ2) is 8.78. The largest absolute Gasteiger partial charge is 0.420 e. The lowest BCUT2D eigenvalue weighted by atomic mass is 10.0. The molecule has 2 aromatic rings. The zero-order valence-electron chi connectivity index (χ0n) is 18.2. The van der Waals surface area contributed by atoms with E-state index in [1.807, 2.05) is 0 Å². The van der Waals surface area contributed by atoms with Crippen LogP contribution in [-0.2, 0) is 16.1 Å². The second-order valence-corrected chi connectivity index (χ2v) is 9.71. The maximum absolute atomic E-state index is 13.1. The quantitative estimate of drug-likeness (QED) is 0.516. The number of imide groups is 1. The van der Waals surface area contributed by atoms with Gasteiger partial charge in [0.05, 0.1) is 10.6 Å². The van der Waals surface area contributed by atoms with E-state index >= 15 is 0 Å². The van der Waals surface area contributed by atoms with Gasteiger partial charge in [-0.15, -0.1) is 11.3 Å². The van der Waals surface area contributed by atoms with Gasteiger partial charge in [0.15, 0.2) is 5.06 Å². The number of hydrogen-bond donors (Lipinski definition) is 1. The molecular formula is C24H20ClN3O5S. The molecule has 4 amide bonds. The molecule has 8 nitrogen and oxygen atoms in total. The van der Waals surface area contributed by atoms with Gasteiger partial charge in [-0.05, 0) is 43.0 Å². The first-order valence-electron chi connectivity index (χ1n) is 10.8. The van der Waals surface area contributed by atoms with Crippen molar-refractivity contribution in [2.75, 3.05) is 11.9 Å². The summed E-state index contributed by atoms with van der Waals surface area (Å²) in [5.74, 6) is 5.43. The minimum Gasteiger partial charge on any atom is -0.398 e. The van der Waals surface area contributed by atoms with E-state index in [2.05, 4.69) is 17.2 Å². The molecule has 174 valence electrons. The van der Waals surface area contributed by atoms with Crippen molar-refractivity contribution in [3.63, 3.8) is 0 Å². The SMILES string of the molecule is CN(C(=O)Oc1scc2c1C(=O)N(C1CCC(=O)NC1=O)C2)c1ccc(Cl)c(C#CC2CC2)c1. The smallest absolute Gasteiger partial charge is 0.398 e. The zero-order chi connectivity index (χ0) is 24.0. The van der Waals surface area contributed by atoms with Crippen LogP contribution in [0.2, 0.25) is 5.02 Å². The van der Waals surface area contributed by atoms with Crippen LogP contribution in [0.1, 0.15) is 47.2 Å². The molecule has 1 aromatic carbocycles. The zero-order valence-corrected chi connectivity index (χ0v) is 19.8. The van der Waals surface area contributed by atoms with Crippen LogP contribution in [0, 0.1) is 17.8 Å². The Morgan fingerprint density at radius 3 is 2.79 bits per heavy atom. The summed E-state index contributed by atoms with van der Waals surface area (Å²) in [5, 5.41) is 4.70. The predicted molar refractivity (Wildman–Crippen MR) is 126 cm³/mol. The molecule has 5 rings (SSSR count). The Kier molecular flexibility index (Phi) is 5.80. The number of ether oxygens (including phenoxy) is 1. The summed E-state index contributed by atoms with van der Waals surface area (Å²) in [6, 6.07) is 4.38. The van der Waals surface area contributed by atoms with Crippen molar-refractivity contribution in [3.8, 4) is 16.9 Å². The first-order chi connectivity index (χ1) is 16.3.